The molecular weight excluding hydrogens is 214 g/mol. The predicted octanol–water partition coefficient (Wildman–Crippen LogP) is 0.882. The summed E-state index contributed by atoms with van der Waals surface area (Å²) in [6.07, 6.45) is 2.36. The number of hydrogen-bond donors (Lipinski definition) is 0. The maximum atomic E-state index is 12.0. The minimum Gasteiger partial charge on any atom is -0.339 e. The van der Waals surface area contributed by atoms with Crippen LogP contribution in [0, 0.1) is 0 Å². The maximum absolute atomic E-state index is 12.0. The molecule has 0 spiro atoms. The van der Waals surface area contributed by atoms with Crippen molar-refractivity contribution >= 4 is 5.91 Å². The maximum Gasteiger partial charge on any atom is 0.236 e. The molecule has 0 aromatic carbocycles. The molecule has 4 heteroatoms. The SMILES string of the molecule is CCCCN(C)CC(=O)N1CCN(CC)CC1. The first-order valence-corrected chi connectivity index (χ1v) is 6.86. The second kappa shape index (κ2) is 7.67. The molecule has 100 valence electrons. The zero-order valence-electron chi connectivity index (χ0n) is 11.6. The fourth-order valence-corrected chi connectivity index (χ4v) is 2.15. The van der Waals surface area contributed by atoms with Crippen molar-refractivity contribution in [3.8, 4) is 0 Å². The second-order valence-corrected chi connectivity index (χ2v) is 4.91. The van der Waals surface area contributed by atoms with Crippen molar-refractivity contribution in [2.45, 2.75) is 26.7 Å². The van der Waals surface area contributed by atoms with Crippen LogP contribution >= 0.6 is 0 Å². The van der Waals surface area contributed by atoms with Crippen molar-refractivity contribution < 1.29 is 4.79 Å². The van der Waals surface area contributed by atoms with Crippen molar-refractivity contribution in [2.75, 3.05) is 52.9 Å². The lowest BCUT2D eigenvalue weighted by atomic mass is 10.3. The standard InChI is InChI=1S/C13H27N3O/c1-4-6-7-14(3)12-13(17)16-10-8-15(5-2)9-11-16/h4-12H2,1-3H3. The average molecular weight is 241 g/mol. The Morgan fingerprint density at radius 3 is 2.35 bits per heavy atom. The van der Waals surface area contributed by atoms with Gasteiger partial charge < -0.3 is 9.80 Å². The highest BCUT2D eigenvalue weighted by molar-refractivity contribution is 5.78. The van der Waals surface area contributed by atoms with Gasteiger partial charge in [-0.15, -0.1) is 0 Å². The number of hydrogen-bond acceptors (Lipinski definition) is 3. The van der Waals surface area contributed by atoms with Crippen LogP contribution < -0.4 is 0 Å². The molecule has 0 aliphatic carbocycles. The minimum absolute atomic E-state index is 0.291. The summed E-state index contributed by atoms with van der Waals surface area (Å²) < 4.78 is 0. The highest BCUT2D eigenvalue weighted by Gasteiger charge is 2.20. The third-order valence-electron chi connectivity index (χ3n) is 3.47. The average Bonchev–Trinajstić information content (AvgIpc) is 2.36. The van der Waals surface area contributed by atoms with E-state index >= 15 is 0 Å². The van der Waals surface area contributed by atoms with Crippen LogP contribution in [0.15, 0.2) is 0 Å². The molecule has 4 nitrogen and oxygen atoms in total. The molecule has 0 atom stereocenters. The van der Waals surface area contributed by atoms with Gasteiger partial charge in [-0.25, -0.2) is 0 Å². The largest absolute Gasteiger partial charge is 0.339 e. The number of carbonyl (C=O) groups excluding carboxylic acids is 1. The van der Waals surface area contributed by atoms with E-state index in [1.165, 1.54) is 12.8 Å². The summed E-state index contributed by atoms with van der Waals surface area (Å²) in [6, 6.07) is 0. The fourth-order valence-electron chi connectivity index (χ4n) is 2.15. The van der Waals surface area contributed by atoms with Crippen LogP contribution in [-0.4, -0.2) is 73.5 Å². The molecule has 1 amide bonds. The summed E-state index contributed by atoms with van der Waals surface area (Å²) in [6.45, 7) is 10.9. The number of amides is 1. The Balaban J connectivity index is 2.24. The fraction of sp³-hybridized carbons (Fsp3) is 0.923. The topological polar surface area (TPSA) is 26.8 Å². The van der Waals surface area contributed by atoms with Gasteiger partial charge >= 0.3 is 0 Å². The van der Waals surface area contributed by atoms with Gasteiger partial charge in [0.2, 0.25) is 5.91 Å². The van der Waals surface area contributed by atoms with Crippen molar-refractivity contribution in [1.29, 1.82) is 0 Å². The lowest BCUT2D eigenvalue weighted by molar-refractivity contribution is -0.133. The van der Waals surface area contributed by atoms with E-state index < -0.39 is 0 Å². The summed E-state index contributed by atoms with van der Waals surface area (Å²) in [5.41, 5.74) is 0. The van der Waals surface area contributed by atoms with Crippen LogP contribution in [0.3, 0.4) is 0 Å². The molecule has 0 aromatic rings. The molecule has 1 fully saturated rings. The Morgan fingerprint density at radius 1 is 1.18 bits per heavy atom. The van der Waals surface area contributed by atoms with E-state index in [1.54, 1.807) is 0 Å². The number of rotatable bonds is 6. The Kier molecular flexibility index (Phi) is 6.52. The summed E-state index contributed by atoms with van der Waals surface area (Å²) in [5, 5.41) is 0. The summed E-state index contributed by atoms with van der Waals surface area (Å²) in [4.78, 5) is 18.6. The van der Waals surface area contributed by atoms with Crippen LogP contribution in [-0.2, 0) is 4.79 Å². The molecular formula is C13H27N3O. The molecule has 0 unspecified atom stereocenters. The predicted molar refractivity (Wildman–Crippen MR) is 71.1 cm³/mol. The van der Waals surface area contributed by atoms with Crippen LogP contribution in [0.1, 0.15) is 26.7 Å². The third kappa shape index (κ3) is 5.04. The Bertz CT molecular complexity index is 225. The normalized spacial score (nSPS) is 17.8. The van der Waals surface area contributed by atoms with Crippen LogP contribution in [0.4, 0.5) is 0 Å². The van der Waals surface area contributed by atoms with Gasteiger partial charge in [0.05, 0.1) is 6.54 Å². The molecule has 0 N–H and O–H groups in total. The number of nitrogens with zero attached hydrogens (tertiary/aromatic N) is 3. The van der Waals surface area contributed by atoms with Gasteiger partial charge in [-0.2, -0.15) is 0 Å². The van der Waals surface area contributed by atoms with Gasteiger partial charge in [0, 0.05) is 26.2 Å². The van der Waals surface area contributed by atoms with Crippen molar-refractivity contribution in [3.63, 3.8) is 0 Å². The zero-order chi connectivity index (χ0) is 12.7. The molecule has 1 saturated heterocycles. The molecule has 0 aromatic heterocycles. The summed E-state index contributed by atoms with van der Waals surface area (Å²) in [5.74, 6) is 0.291. The van der Waals surface area contributed by atoms with Gasteiger partial charge in [-0.1, -0.05) is 20.3 Å². The molecule has 1 heterocycles. The van der Waals surface area contributed by atoms with Crippen LogP contribution in [0.5, 0.6) is 0 Å². The Labute approximate surface area is 106 Å². The Hall–Kier alpha value is -0.610. The first-order chi connectivity index (χ1) is 8.17. The number of piperazine rings is 1. The van der Waals surface area contributed by atoms with E-state index in [0.29, 0.717) is 12.5 Å². The quantitative estimate of drug-likeness (QED) is 0.691. The van der Waals surface area contributed by atoms with Gasteiger partial charge in [-0.3, -0.25) is 9.69 Å². The summed E-state index contributed by atoms with van der Waals surface area (Å²) >= 11 is 0. The molecule has 1 rings (SSSR count). The summed E-state index contributed by atoms with van der Waals surface area (Å²) in [7, 11) is 2.04. The first-order valence-electron chi connectivity index (χ1n) is 6.86. The van der Waals surface area contributed by atoms with Crippen molar-refractivity contribution in [2.24, 2.45) is 0 Å². The third-order valence-corrected chi connectivity index (χ3v) is 3.47. The zero-order valence-corrected chi connectivity index (χ0v) is 11.6. The highest BCUT2D eigenvalue weighted by Crippen LogP contribution is 2.02. The van der Waals surface area contributed by atoms with Crippen molar-refractivity contribution in [1.82, 2.24) is 14.7 Å². The van der Waals surface area contributed by atoms with Crippen LogP contribution in [0.2, 0.25) is 0 Å². The van der Waals surface area contributed by atoms with Gasteiger partial charge in [0.15, 0.2) is 0 Å². The van der Waals surface area contributed by atoms with Gasteiger partial charge in [0.1, 0.15) is 0 Å². The van der Waals surface area contributed by atoms with Crippen molar-refractivity contribution in [3.05, 3.63) is 0 Å². The highest BCUT2D eigenvalue weighted by atomic mass is 16.2. The van der Waals surface area contributed by atoms with Gasteiger partial charge in [-0.05, 0) is 26.6 Å². The monoisotopic (exact) mass is 241 g/mol. The van der Waals surface area contributed by atoms with E-state index in [-0.39, 0.29) is 0 Å². The smallest absolute Gasteiger partial charge is 0.236 e. The lowest BCUT2D eigenvalue weighted by Gasteiger charge is -2.34. The van der Waals surface area contributed by atoms with Crippen LogP contribution in [0.25, 0.3) is 0 Å². The molecule has 1 aliphatic heterocycles. The molecule has 0 saturated carbocycles. The van der Waals surface area contributed by atoms with E-state index in [2.05, 4.69) is 23.6 Å². The van der Waals surface area contributed by atoms with E-state index in [4.69, 9.17) is 0 Å². The molecule has 0 bridgehead atoms. The molecule has 17 heavy (non-hydrogen) atoms. The van der Waals surface area contributed by atoms with E-state index in [1.807, 2.05) is 11.9 Å². The lowest BCUT2D eigenvalue weighted by Crippen LogP contribution is -2.50. The number of unbranched alkanes of at least 4 members (excludes halogenated alkanes) is 1. The minimum atomic E-state index is 0.291. The van der Waals surface area contributed by atoms with E-state index in [0.717, 1.165) is 39.3 Å². The second-order valence-electron chi connectivity index (χ2n) is 4.91. The Morgan fingerprint density at radius 2 is 1.82 bits per heavy atom. The molecule has 0 radical (unpaired) electrons. The van der Waals surface area contributed by atoms with Gasteiger partial charge in [0.25, 0.3) is 0 Å². The number of carbonyl (C=O) groups is 1. The van der Waals surface area contributed by atoms with E-state index in [9.17, 15) is 4.79 Å². The number of likely N-dealkylation sites (N-methyl/N-ethyl adjacent to an activating group) is 2. The first kappa shape index (κ1) is 14.5. The molecule has 1 aliphatic rings.